The monoisotopic (exact) mass is 488 g/mol. The summed E-state index contributed by atoms with van der Waals surface area (Å²) in [6.45, 7) is 20.2. The summed E-state index contributed by atoms with van der Waals surface area (Å²) in [4.78, 5) is 0. The van der Waals surface area contributed by atoms with Crippen LogP contribution in [0.15, 0.2) is 0 Å². The molecule has 0 radical (unpaired) electrons. The molecule has 0 amide bonds. The van der Waals surface area contributed by atoms with Crippen LogP contribution in [0.4, 0.5) is 0 Å². The van der Waals surface area contributed by atoms with E-state index in [4.69, 9.17) is 14.0 Å². The highest BCUT2D eigenvalue weighted by atomic mass is 16.7. The first-order valence-electron chi connectivity index (χ1n) is 13.7. The van der Waals surface area contributed by atoms with Crippen LogP contribution in [-0.2, 0) is 14.0 Å². The fourth-order valence-corrected chi connectivity index (χ4v) is 4.39. The molecule has 0 aromatic rings. The van der Waals surface area contributed by atoms with Gasteiger partial charge in [-0.2, -0.15) is 0 Å². The van der Waals surface area contributed by atoms with Crippen LogP contribution in [0.2, 0.25) is 0 Å². The fourth-order valence-electron chi connectivity index (χ4n) is 4.39. The third kappa shape index (κ3) is 20.1. The molecule has 0 aliphatic heterocycles. The molecule has 3 N–H and O–H groups in total. The highest BCUT2D eigenvalue weighted by Crippen LogP contribution is 2.18. The third-order valence-corrected chi connectivity index (χ3v) is 5.80. The van der Waals surface area contributed by atoms with Crippen LogP contribution >= 0.6 is 0 Å². The smallest absolute Gasteiger partial charge is 0.393 e. The van der Waals surface area contributed by atoms with Gasteiger partial charge in [0.2, 0.25) is 0 Å². The molecule has 0 heterocycles. The summed E-state index contributed by atoms with van der Waals surface area (Å²) in [5.74, 6) is 1.92. The summed E-state index contributed by atoms with van der Waals surface area (Å²) in [6.07, 6.45) is 3.41. The molecule has 0 fully saturated rings. The topological polar surface area (TPSA) is 88.4 Å². The SMILES string of the molecule is CC(C)CC(O)CC(C)COB(OCC(C)CC(O)CC(C)C)OCC(C)CC(O)CC(C)C. The van der Waals surface area contributed by atoms with Crippen molar-refractivity contribution in [3.8, 4) is 0 Å². The second kappa shape index (κ2) is 19.0. The Bertz CT molecular complexity index is 409. The molecule has 0 rings (SSSR count). The first-order chi connectivity index (χ1) is 15.8. The van der Waals surface area contributed by atoms with Gasteiger partial charge < -0.3 is 29.3 Å². The maximum absolute atomic E-state index is 10.2. The maximum Gasteiger partial charge on any atom is 0.639 e. The average molecular weight is 489 g/mol. The molecule has 6 atom stereocenters. The molecule has 34 heavy (non-hydrogen) atoms. The molecule has 7 heteroatoms. The molecule has 0 aliphatic carbocycles. The minimum absolute atomic E-state index is 0.180. The van der Waals surface area contributed by atoms with E-state index in [9.17, 15) is 15.3 Å². The first kappa shape index (κ1) is 33.8. The molecule has 0 saturated heterocycles. The number of aliphatic hydroxyl groups is 3. The van der Waals surface area contributed by atoms with Gasteiger partial charge in [0.1, 0.15) is 0 Å². The van der Waals surface area contributed by atoms with Gasteiger partial charge in [0.15, 0.2) is 0 Å². The van der Waals surface area contributed by atoms with Crippen molar-refractivity contribution >= 4 is 7.32 Å². The number of rotatable bonds is 21. The van der Waals surface area contributed by atoms with Crippen LogP contribution in [0.3, 0.4) is 0 Å². The van der Waals surface area contributed by atoms with Crippen molar-refractivity contribution in [2.24, 2.45) is 35.5 Å². The lowest BCUT2D eigenvalue weighted by atomic mass is 9.96. The molecule has 0 saturated carbocycles. The highest BCUT2D eigenvalue weighted by molar-refractivity contribution is 6.36. The van der Waals surface area contributed by atoms with Crippen LogP contribution in [-0.4, -0.2) is 60.8 Å². The van der Waals surface area contributed by atoms with E-state index in [0.717, 1.165) is 19.3 Å². The predicted molar refractivity (Wildman–Crippen MR) is 141 cm³/mol. The van der Waals surface area contributed by atoms with Gasteiger partial charge in [-0.1, -0.05) is 62.3 Å². The van der Waals surface area contributed by atoms with Crippen molar-refractivity contribution in [2.45, 2.75) is 119 Å². The van der Waals surface area contributed by atoms with Gasteiger partial charge >= 0.3 is 7.32 Å². The van der Waals surface area contributed by atoms with E-state index in [1.165, 1.54) is 0 Å². The molecule has 0 aromatic heterocycles. The van der Waals surface area contributed by atoms with E-state index in [1.807, 2.05) is 0 Å². The van der Waals surface area contributed by atoms with Crippen molar-refractivity contribution in [1.82, 2.24) is 0 Å². The second-order valence-electron chi connectivity index (χ2n) is 12.2. The number of hydrogen-bond acceptors (Lipinski definition) is 6. The van der Waals surface area contributed by atoms with E-state index in [1.54, 1.807) is 0 Å². The van der Waals surface area contributed by atoms with Crippen molar-refractivity contribution < 1.29 is 29.3 Å². The van der Waals surface area contributed by atoms with Gasteiger partial charge in [0.25, 0.3) is 0 Å². The average Bonchev–Trinajstić information content (AvgIpc) is 2.64. The van der Waals surface area contributed by atoms with Gasteiger partial charge in [-0.05, 0) is 74.0 Å². The third-order valence-electron chi connectivity index (χ3n) is 5.80. The summed E-state index contributed by atoms with van der Waals surface area (Å²) >= 11 is 0. The standard InChI is InChI=1S/C27H57BO6/c1-19(2)10-25(29)13-22(7)16-32-28(33-17-23(8)14-26(30)11-20(3)4)34-18-24(9)15-27(31)12-21(5)6/h19-27,29-31H,10-18H2,1-9H3. The Hall–Kier alpha value is -0.175. The minimum atomic E-state index is -0.793. The summed E-state index contributed by atoms with van der Waals surface area (Å²) in [5.41, 5.74) is 0. The molecule has 0 aliphatic rings. The Labute approximate surface area is 211 Å². The first-order valence-corrected chi connectivity index (χ1v) is 13.7. The summed E-state index contributed by atoms with van der Waals surface area (Å²) < 4.78 is 17.9. The Morgan fingerprint density at radius 2 is 0.676 bits per heavy atom. The molecule has 204 valence electrons. The molecule has 6 unspecified atom stereocenters. The van der Waals surface area contributed by atoms with Crippen LogP contribution in [0.25, 0.3) is 0 Å². The van der Waals surface area contributed by atoms with Crippen molar-refractivity contribution in [1.29, 1.82) is 0 Å². The Balaban J connectivity index is 4.71. The normalized spacial score (nSPS) is 17.7. The summed E-state index contributed by atoms with van der Waals surface area (Å²) in [5, 5.41) is 30.7. The zero-order valence-corrected chi connectivity index (χ0v) is 23.7. The fraction of sp³-hybridized carbons (Fsp3) is 1.00. The molecule has 6 nitrogen and oxygen atoms in total. The van der Waals surface area contributed by atoms with Crippen molar-refractivity contribution in [2.75, 3.05) is 19.8 Å². The Morgan fingerprint density at radius 1 is 0.441 bits per heavy atom. The van der Waals surface area contributed by atoms with E-state index in [0.29, 0.717) is 56.8 Å². The van der Waals surface area contributed by atoms with Crippen LogP contribution in [0, 0.1) is 35.5 Å². The Kier molecular flexibility index (Phi) is 18.9. The lowest BCUT2D eigenvalue weighted by molar-refractivity contribution is 0.0373. The predicted octanol–water partition coefficient (Wildman–Crippen LogP) is 5.32. The van der Waals surface area contributed by atoms with Gasteiger partial charge in [-0.15, -0.1) is 0 Å². The van der Waals surface area contributed by atoms with Crippen LogP contribution in [0.1, 0.15) is 101 Å². The lowest BCUT2D eigenvalue weighted by Gasteiger charge is -2.24. The molecule has 0 bridgehead atoms. The van der Waals surface area contributed by atoms with E-state index in [2.05, 4.69) is 62.3 Å². The lowest BCUT2D eigenvalue weighted by Crippen LogP contribution is -2.34. The summed E-state index contributed by atoms with van der Waals surface area (Å²) in [7, 11) is -0.793. The second-order valence-corrected chi connectivity index (χ2v) is 12.2. The van der Waals surface area contributed by atoms with E-state index in [-0.39, 0.29) is 36.1 Å². The zero-order chi connectivity index (χ0) is 26.3. The van der Waals surface area contributed by atoms with Crippen LogP contribution in [0.5, 0.6) is 0 Å². The summed E-state index contributed by atoms with van der Waals surface area (Å²) in [6, 6.07) is 0. The van der Waals surface area contributed by atoms with Crippen LogP contribution < -0.4 is 0 Å². The van der Waals surface area contributed by atoms with Gasteiger partial charge in [-0.3, -0.25) is 0 Å². The molecular weight excluding hydrogens is 431 g/mol. The Morgan fingerprint density at radius 3 is 0.882 bits per heavy atom. The molecule has 0 aromatic carbocycles. The molecular formula is C27H57BO6. The van der Waals surface area contributed by atoms with E-state index >= 15 is 0 Å². The van der Waals surface area contributed by atoms with Crippen molar-refractivity contribution in [3.05, 3.63) is 0 Å². The number of aliphatic hydroxyl groups excluding tert-OH is 3. The van der Waals surface area contributed by atoms with Gasteiger partial charge in [-0.25, -0.2) is 0 Å². The van der Waals surface area contributed by atoms with Gasteiger partial charge in [0, 0.05) is 19.8 Å². The maximum atomic E-state index is 10.2. The number of hydrogen-bond donors (Lipinski definition) is 3. The molecule has 0 spiro atoms. The zero-order valence-electron chi connectivity index (χ0n) is 23.7. The highest BCUT2D eigenvalue weighted by Gasteiger charge is 2.26. The minimum Gasteiger partial charge on any atom is -0.393 e. The van der Waals surface area contributed by atoms with Crippen molar-refractivity contribution in [3.63, 3.8) is 0 Å². The quantitative estimate of drug-likeness (QED) is 0.190. The van der Waals surface area contributed by atoms with Gasteiger partial charge in [0.05, 0.1) is 18.3 Å². The largest absolute Gasteiger partial charge is 0.639 e. The van der Waals surface area contributed by atoms with E-state index < -0.39 is 7.32 Å².